The summed E-state index contributed by atoms with van der Waals surface area (Å²) in [5, 5.41) is 3.08. The highest BCUT2D eigenvalue weighted by Gasteiger charge is 2.25. The third kappa shape index (κ3) is 6.19. The average molecular weight is 432 g/mol. The number of amides is 2. The maximum atomic E-state index is 13.2. The lowest BCUT2D eigenvalue weighted by molar-refractivity contribution is 0.0767. The minimum Gasteiger partial charge on any atom is -0.376 e. The number of rotatable bonds is 7. The Morgan fingerprint density at radius 1 is 1.00 bits per heavy atom. The van der Waals surface area contributed by atoms with Crippen molar-refractivity contribution in [2.24, 2.45) is 0 Å². The molecule has 1 aromatic rings. The van der Waals surface area contributed by atoms with Gasteiger partial charge in [0.1, 0.15) is 11.1 Å². The maximum absolute atomic E-state index is 13.2. The monoisotopic (exact) mass is 431 g/mol. The summed E-state index contributed by atoms with van der Waals surface area (Å²) in [6.07, 6.45) is 12.9. The first kappa shape index (κ1) is 23.5. The summed E-state index contributed by atoms with van der Waals surface area (Å²) in [4.78, 5) is 40.9. The van der Waals surface area contributed by atoms with Crippen LogP contribution >= 0.6 is 0 Å². The zero-order valence-electron chi connectivity index (χ0n) is 19.0. The van der Waals surface area contributed by atoms with Crippen molar-refractivity contribution in [2.75, 3.05) is 19.7 Å². The molecule has 1 aliphatic heterocycles. The molecule has 172 valence electrons. The van der Waals surface area contributed by atoms with Gasteiger partial charge in [-0.2, -0.15) is 0 Å². The van der Waals surface area contributed by atoms with Crippen LogP contribution in [0.1, 0.15) is 92.4 Å². The summed E-state index contributed by atoms with van der Waals surface area (Å²) in [7, 11) is 0. The molecule has 1 N–H and O–H groups in total. The van der Waals surface area contributed by atoms with Crippen LogP contribution in [0.15, 0.2) is 17.2 Å². The Morgan fingerprint density at radius 3 is 2.26 bits per heavy atom. The van der Waals surface area contributed by atoms with Crippen molar-refractivity contribution >= 4 is 11.8 Å². The van der Waals surface area contributed by atoms with Crippen molar-refractivity contribution in [1.29, 1.82) is 0 Å². The van der Waals surface area contributed by atoms with Gasteiger partial charge in [-0.3, -0.25) is 14.4 Å². The van der Waals surface area contributed by atoms with E-state index in [1.807, 2.05) is 13.8 Å². The zero-order chi connectivity index (χ0) is 22.2. The van der Waals surface area contributed by atoms with Gasteiger partial charge in [0.15, 0.2) is 0 Å². The Bertz CT molecular complexity index is 802. The predicted molar refractivity (Wildman–Crippen MR) is 121 cm³/mol. The van der Waals surface area contributed by atoms with Gasteiger partial charge in [-0.1, -0.05) is 32.1 Å². The van der Waals surface area contributed by atoms with E-state index in [9.17, 15) is 14.4 Å². The van der Waals surface area contributed by atoms with Crippen molar-refractivity contribution in [3.05, 3.63) is 33.7 Å². The van der Waals surface area contributed by atoms with Crippen LogP contribution in [0.3, 0.4) is 0 Å². The first-order valence-corrected chi connectivity index (χ1v) is 12.0. The molecule has 7 heteroatoms. The Balaban J connectivity index is 1.88. The fourth-order valence-corrected chi connectivity index (χ4v) is 4.62. The van der Waals surface area contributed by atoms with Crippen molar-refractivity contribution in [3.63, 3.8) is 0 Å². The second-order valence-corrected chi connectivity index (χ2v) is 8.74. The summed E-state index contributed by atoms with van der Waals surface area (Å²) in [6.45, 7) is 6.06. The lowest BCUT2D eigenvalue weighted by Crippen LogP contribution is -2.41. The highest BCUT2D eigenvalue weighted by Crippen LogP contribution is 2.18. The molecule has 0 radical (unpaired) electrons. The topological polar surface area (TPSA) is 80.6 Å². The minimum absolute atomic E-state index is 0.0421. The van der Waals surface area contributed by atoms with E-state index in [1.54, 1.807) is 21.9 Å². The van der Waals surface area contributed by atoms with Gasteiger partial charge in [0.05, 0.1) is 6.10 Å². The van der Waals surface area contributed by atoms with Crippen LogP contribution < -0.4 is 10.7 Å². The first-order chi connectivity index (χ1) is 15.0. The second-order valence-electron chi connectivity index (χ2n) is 8.74. The Kier molecular flexibility index (Phi) is 8.69. The van der Waals surface area contributed by atoms with Crippen LogP contribution in [0.4, 0.5) is 0 Å². The summed E-state index contributed by atoms with van der Waals surface area (Å²) >= 11 is 0. The molecule has 1 atom stereocenters. The number of pyridine rings is 1. The van der Waals surface area contributed by atoms with Gasteiger partial charge < -0.3 is 19.5 Å². The Hall–Kier alpha value is -2.15. The molecular formula is C24H37N3O4. The number of hydrogen-bond donors (Lipinski definition) is 1. The van der Waals surface area contributed by atoms with Crippen LogP contribution in [0.2, 0.25) is 0 Å². The van der Waals surface area contributed by atoms with Gasteiger partial charge in [0.2, 0.25) is 5.43 Å². The third-order valence-corrected chi connectivity index (χ3v) is 6.48. The SMILES string of the molecule is CCN(CC)C(=O)c1cn(CC2CCCO2)cc(C(=O)NC2CCCCCCC2)c1=O. The van der Waals surface area contributed by atoms with Crippen LogP contribution in [-0.4, -0.2) is 53.1 Å². The molecule has 2 amide bonds. The molecule has 2 aliphatic rings. The molecule has 31 heavy (non-hydrogen) atoms. The van der Waals surface area contributed by atoms with Gasteiger partial charge in [-0.25, -0.2) is 0 Å². The molecule has 0 aromatic carbocycles. The highest BCUT2D eigenvalue weighted by atomic mass is 16.5. The molecule has 0 spiro atoms. The van der Waals surface area contributed by atoms with Crippen molar-refractivity contribution < 1.29 is 14.3 Å². The molecule has 1 saturated heterocycles. The number of carbonyl (C=O) groups excluding carboxylic acids is 2. The molecule has 1 unspecified atom stereocenters. The Labute approximate surface area is 185 Å². The lowest BCUT2D eigenvalue weighted by Gasteiger charge is -2.22. The smallest absolute Gasteiger partial charge is 0.259 e. The number of hydrogen-bond acceptors (Lipinski definition) is 4. The molecular weight excluding hydrogens is 394 g/mol. The van der Waals surface area contributed by atoms with Gasteiger partial charge in [-0.15, -0.1) is 0 Å². The average Bonchev–Trinajstić information content (AvgIpc) is 3.24. The zero-order valence-corrected chi connectivity index (χ0v) is 19.0. The van der Waals surface area contributed by atoms with E-state index in [2.05, 4.69) is 5.32 Å². The molecule has 2 heterocycles. The molecule has 3 rings (SSSR count). The van der Waals surface area contributed by atoms with E-state index >= 15 is 0 Å². The Morgan fingerprint density at radius 2 is 1.65 bits per heavy atom. The fourth-order valence-electron chi connectivity index (χ4n) is 4.62. The fraction of sp³-hybridized carbons (Fsp3) is 0.708. The molecule has 2 fully saturated rings. The van der Waals surface area contributed by atoms with E-state index in [0.29, 0.717) is 19.6 Å². The first-order valence-electron chi connectivity index (χ1n) is 12.0. The molecule has 7 nitrogen and oxygen atoms in total. The summed E-state index contributed by atoms with van der Waals surface area (Å²) in [6, 6.07) is 0.0842. The van der Waals surface area contributed by atoms with E-state index in [4.69, 9.17) is 4.74 Å². The van der Waals surface area contributed by atoms with E-state index in [1.165, 1.54) is 19.3 Å². The number of aromatic nitrogens is 1. The second kappa shape index (κ2) is 11.5. The summed E-state index contributed by atoms with van der Waals surface area (Å²) in [5.41, 5.74) is -0.367. The number of carbonyl (C=O) groups is 2. The van der Waals surface area contributed by atoms with Gasteiger partial charge >= 0.3 is 0 Å². The van der Waals surface area contributed by atoms with Crippen molar-refractivity contribution in [3.8, 4) is 0 Å². The van der Waals surface area contributed by atoms with Gasteiger partial charge in [0, 0.05) is 44.7 Å². The largest absolute Gasteiger partial charge is 0.376 e. The third-order valence-electron chi connectivity index (χ3n) is 6.48. The molecule has 0 bridgehead atoms. The van der Waals surface area contributed by atoms with E-state index in [-0.39, 0.29) is 35.1 Å². The van der Waals surface area contributed by atoms with E-state index < -0.39 is 5.43 Å². The van der Waals surface area contributed by atoms with Crippen LogP contribution in [0.25, 0.3) is 0 Å². The number of ether oxygens (including phenoxy) is 1. The molecule has 1 aliphatic carbocycles. The standard InChI is InChI=1S/C24H37N3O4/c1-3-27(4-2)24(30)21-17-26(15-19-13-10-14-31-19)16-20(22(21)28)23(29)25-18-11-8-6-5-7-9-12-18/h16-19H,3-15H2,1-2H3,(H,25,29). The van der Waals surface area contributed by atoms with Gasteiger partial charge in [-0.05, 0) is 39.5 Å². The van der Waals surface area contributed by atoms with Crippen molar-refractivity contribution in [2.45, 2.75) is 90.3 Å². The van der Waals surface area contributed by atoms with E-state index in [0.717, 1.165) is 45.1 Å². The van der Waals surface area contributed by atoms with Crippen molar-refractivity contribution in [1.82, 2.24) is 14.8 Å². The maximum Gasteiger partial charge on any atom is 0.259 e. The summed E-state index contributed by atoms with van der Waals surface area (Å²) < 4.78 is 7.52. The van der Waals surface area contributed by atoms with Crippen LogP contribution in [0.5, 0.6) is 0 Å². The molecule has 1 saturated carbocycles. The predicted octanol–water partition coefficient (Wildman–Crippen LogP) is 3.35. The highest BCUT2D eigenvalue weighted by molar-refractivity contribution is 5.99. The normalized spacial score (nSPS) is 20.1. The van der Waals surface area contributed by atoms with Gasteiger partial charge in [0.25, 0.3) is 11.8 Å². The number of nitrogens with zero attached hydrogens (tertiary/aromatic N) is 2. The quantitative estimate of drug-likeness (QED) is 0.718. The molecule has 1 aromatic heterocycles. The lowest BCUT2D eigenvalue weighted by atomic mass is 9.96. The summed E-state index contributed by atoms with van der Waals surface area (Å²) in [5.74, 6) is -0.692. The number of nitrogens with one attached hydrogen (secondary N) is 1. The van der Waals surface area contributed by atoms with Crippen LogP contribution in [0, 0.1) is 0 Å². The minimum atomic E-state index is -0.483. The van der Waals surface area contributed by atoms with Crippen LogP contribution in [-0.2, 0) is 11.3 Å².